The third kappa shape index (κ3) is 3.94. The molecular formula is C16H28IN5. The summed E-state index contributed by atoms with van der Waals surface area (Å²) in [5.74, 6) is 1.09. The Hall–Kier alpha value is -0.790. The van der Waals surface area contributed by atoms with Crippen LogP contribution in [0.25, 0.3) is 0 Å². The van der Waals surface area contributed by atoms with E-state index >= 15 is 0 Å². The van der Waals surface area contributed by atoms with Gasteiger partial charge in [0.25, 0.3) is 0 Å². The number of aryl methyl sites for hydroxylation is 1. The molecule has 124 valence electrons. The number of rotatable bonds is 4. The predicted molar refractivity (Wildman–Crippen MR) is 101 cm³/mol. The van der Waals surface area contributed by atoms with Crippen molar-refractivity contribution in [1.29, 1.82) is 0 Å². The number of nitrogens with zero attached hydrogens (tertiary/aromatic N) is 4. The minimum Gasteiger partial charge on any atom is -0.357 e. The number of likely N-dealkylation sites (tertiary alicyclic amines) is 1. The van der Waals surface area contributed by atoms with E-state index in [0.29, 0.717) is 5.41 Å². The molecule has 1 aromatic rings. The fourth-order valence-corrected chi connectivity index (χ4v) is 3.47. The van der Waals surface area contributed by atoms with Gasteiger partial charge in [0.05, 0.1) is 19.3 Å². The molecule has 1 saturated carbocycles. The number of hydrogen-bond donors (Lipinski definition) is 1. The van der Waals surface area contributed by atoms with Crippen LogP contribution in [0.4, 0.5) is 0 Å². The molecule has 6 heteroatoms. The highest BCUT2D eigenvalue weighted by atomic mass is 127. The molecule has 0 radical (unpaired) electrons. The Balaban J connectivity index is 0.00000176. The zero-order valence-electron chi connectivity index (χ0n) is 13.7. The summed E-state index contributed by atoms with van der Waals surface area (Å²) in [4.78, 5) is 7.25. The summed E-state index contributed by atoms with van der Waals surface area (Å²) in [7, 11) is 0. The van der Waals surface area contributed by atoms with E-state index in [-0.39, 0.29) is 24.0 Å². The summed E-state index contributed by atoms with van der Waals surface area (Å²) in [5, 5.41) is 7.76. The molecule has 1 aromatic heterocycles. The van der Waals surface area contributed by atoms with Crippen LogP contribution in [0.15, 0.2) is 17.4 Å². The zero-order valence-corrected chi connectivity index (χ0v) is 16.0. The molecule has 0 amide bonds. The Morgan fingerprint density at radius 2 is 2.23 bits per heavy atom. The second-order valence-corrected chi connectivity index (χ2v) is 6.54. The largest absolute Gasteiger partial charge is 0.357 e. The average Bonchev–Trinajstić information content (AvgIpc) is 3.04. The molecular weight excluding hydrogens is 389 g/mol. The van der Waals surface area contributed by atoms with Crippen LogP contribution in [0.2, 0.25) is 0 Å². The average molecular weight is 417 g/mol. The number of hydrogen-bond acceptors (Lipinski definition) is 2. The van der Waals surface area contributed by atoms with Gasteiger partial charge in [0.1, 0.15) is 0 Å². The molecule has 1 saturated heterocycles. The van der Waals surface area contributed by atoms with Gasteiger partial charge < -0.3 is 10.2 Å². The third-order valence-electron chi connectivity index (χ3n) is 4.84. The maximum absolute atomic E-state index is 4.79. The molecule has 1 spiro atoms. The summed E-state index contributed by atoms with van der Waals surface area (Å²) >= 11 is 0. The number of halogens is 1. The molecule has 0 aromatic carbocycles. The molecule has 0 bridgehead atoms. The second-order valence-electron chi connectivity index (χ2n) is 6.54. The lowest BCUT2D eigenvalue weighted by Gasteiger charge is -2.38. The Labute approximate surface area is 150 Å². The van der Waals surface area contributed by atoms with E-state index in [1.807, 2.05) is 10.9 Å². The molecule has 2 heterocycles. The Bertz CT molecular complexity index is 506. The molecule has 22 heavy (non-hydrogen) atoms. The van der Waals surface area contributed by atoms with Gasteiger partial charge in [0.15, 0.2) is 5.96 Å². The third-order valence-corrected chi connectivity index (χ3v) is 4.84. The first-order chi connectivity index (χ1) is 10.2. The second kappa shape index (κ2) is 7.66. The van der Waals surface area contributed by atoms with E-state index in [4.69, 9.17) is 4.99 Å². The molecule has 1 aliphatic heterocycles. The van der Waals surface area contributed by atoms with Crippen molar-refractivity contribution in [2.24, 2.45) is 10.4 Å². The van der Waals surface area contributed by atoms with Crippen LogP contribution in [0, 0.1) is 12.3 Å². The van der Waals surface area contributed by atoms with Crippen LogP contribution < -0.4 is 5.32 Å². The molecule has 2 fully saturated rings. The smallest absolute Gasteiger partial charge is 0.193 e. The van der Waals surface area contributed by atoms with Gasteiger partial charge in [-0.3, -0.25) is 9.67 Å². The van der Waals surface area contributed by atoms with Crippen molar-refractivity contribution >= 4 is 29.9 Å². The molecule has 0 atom stereocenters. The van der Waals surface area contributed by atoms with Gasteiger partial charge in [-0.05, 0) is 44.1 Å². The van der Waals surface area contributed by atoms with E-state index < -0.39 is 0 Å². The van der Waals surface area contributed by atoms with Crippen molar-refractivity contribution in [2.75, 3.05) is 26.2 Å². The van der Waals surface area contributed by atoms with Crippen molar-refractivity contribution in [3.63, 3.8) is 0 Å². The van der Waals surface area contributed by atoms with Crippen LogP contribution in [0.3, 0.4) is 0 Å². The Morgan fingerprint density at radius 1 is 1.41 bits per heavy atom. The zero-order chi connectivity index (χ0) is 14.7. The van der Waals surface area contributed by atoms with Gasteiger partial charge in [-0.15, -0.1) is 24.0 Å². The molecule has 0 unspecified atom stereocenters. The van der Waals surface area contributed by atoms with Crippen molar-refractivity contribution in [2.45, 2.75) is 46.1 Å². The highest BCUT2D eigenvalue weighted by Crippen LogP contribution is 2.47. The van der Waals surface area contributed by atoms with E-state index in [2.05, 4.69) is 35.4 Å². The van der Waals surface area contributed by atoms with Crippen molar-refractivity contribution in [3.05, 3.63) is 18.0 Å². The first-order valence-corrected chi connectivity index (χ1v) is 8.23. The van der Waals surface area contributed by atoms with Crippen LogP contribution >= 0.6 is 24.0 Å². The van der Waals surface area contributed by atoms with Gasteiger partial charge in [-0.2, -0.15) is 5.10 Å². The SMILES string of the molecule is CCNC(=NCCn1cc(C)cn1)N1CCC2(CCC2)C1.I. The number of nitrogens with one attached hydrogen (secondary N) is 1. The summed E-state index contributed by atoms with van der Waals surface area (Å²) in [6.45, 7) is 9.13. The summed E-state index contributed by atoms with van der Waals surface area (Å²) in [6, 6.07) is 0. The maximum Gasteiger partial charge on any atom is 0.193 e. The van der Waals surface area contributed by atoms with Crippen molar-refractivity contribution in [1.82, 2.24) is 20.0 Å². The fraction of sp³-hybridized carbons (Fsp3) is 0.750. The van der Waals surface area contributed by atoms with Crippen LogP contribution in [0.1, 0.15) is 38.2 Å². The first-order valence-electron chi connectivity index (χ1n) is 8.23. The van der Waals surface area contributed by atoms with E-state index in [9.17, 15) is 0 Å². The monoisotopic (exact) mass is 417 g/mol. The van der Waals surface area contributed by atoms with Gasteiger partial charge in [-0.1, -0.05) is 6.42 Å². The highest BCUT2D eigenvalue weighted by Gasteiger charge is 2.43. The maximum atomic E-state index is 4.79. The summed E-state index contributed by atoms with van der Waals surface area (Å²) in [5.41, 5.74) is 1.83. The van der Waals surface area contributed by atoms with Crippen LogP contribution in [0.5, 0.6) is 0 Å². The highest BCUT2D eigenvalue weighted by molar-refractivity contribution is 14.0. The first kappa shape index (κ1) is 17.6. The molecule has 1 aliphatic carbocycles. The predicted octanol–water partition coefficient (Wildman–Crippen LogP) is 2.65. The van der Waals surface area contributed by atoms with Crippen LogP contribution in [-0.2, 0) is 6.54 Å². The molecule has 3 rings (SSSR count). The number of aliphatic imine (C=N–C) groups is 1. The molecule has 1 N–H and O–H groups in total. The molecule has 5 nitrogen and oxygen atoms in total. The van der Waals surface area contributed by atoms with Gasteiger partial charge in [0, 0.05) is 25.8 Å². The Kier molecular flexibility index (Phi) is 6.11. The quantitative estimate of drug-likeness (QED) is 0.466. The van der Waals surface area contributed by atoms with Crippen molar-refractivity contribution in [3.8, 4) is 0 Å². The van der Waals surface area contributed by atoms with E-state index in [1.54, 1.807) is 0 Å². The minimum atomic E-state index is 0. The molecule has 2 aliphatic rings. The van der Waals surface area contributed by atoms with Crippen LogP contribution in [-0.4, -0.2) is 46.8 Å². The summed E-state index contributed by atoms with van der Waals surface area (Å²) in [6.07, 6.45) is 9.55. The normalized spacial score (nSPS) is 19.9. The Morgan fingerprint density at radius 3 is 2.77 bits per heavy atom. The number of guanidine groups is 1. The lowest BCUT2D eigenvalue weighted by atomic mass is 9.68. The standard InChI is InChI=1S/C16H27N5.HI/c1-3-17-15(18-8-10-21-12-14(2)11-19-21)20-9-7-16(13-20)5-4-6-16;/h11-12H,3-10,13H2,1-2H3,(H,17,18);1H. The summed E-state index contributed by atoms with van der Waals surface area (Å²) < 4.78 is 1.97. The minimum absolute atomic E-state index is 0. The topological polar surface area (TPSA) is 45.5 Å². The van der Waals surface area contributed by atoms with E-state index in [0.717, 1.165) is 32.1 Å². The van der Waals surface area contributed by atoms with Gasteiger partial charge in [0.2, 0.25) is 0 Å². The lowest BCUT2D eigenvalue weighted by Crippen LogP contribution is -2.42. The lowest BCUT2D eigenvalue weighted by molar-refractivity contribution is 0.151. The fourth-order valence-electron chi connectivity index (χ4n) is 3.47. The van der Waals surface area contributed by atoms with Gasteiger partial charge in [-0.25, -0.2) is 0 Å². The number of aromatic nitrogens is 2. The van der Waals surface area contributed by atoms with E-state index in [1.165, 1.54) is 37.8 Å². The van der Waals surface area contributed by atoms with Gasteiger partial charge >= 0.3 is 0 Å². The van der Waals surface area contributed by atoms with Crippen molar-refractivity contribution < 1.29 is 0 Å².